The maximum Gasteiger partial charge on any atom is 0.346 e. The summed E-state index contributed by atoms with van der Waals surface area (Å²) in [4.78, 5) is 0. The van der Waals surface area contributed by atoms with Gasteiger partial charge >= 0.3 is 6.00 Å². The van der Waals surface area contributed by atoms with Gasteiger partial charge in [-0.1, -0.05) is 0 Å². The quantitative estimate of drug-likeness (QED) is 0.480. The molecule has 0 unspecified atom stereocenters. The summed E-state index contributed by atoms with van der Waals surface area (Å²) in [5.74, 6) is -0.845. The van der Waals surface area contributed by atoms with Gasteiger partial charge in [0.2, 0.25) is 13.2 Å². The van der Waals surface area contributed by atoms with Gasteiger partial charge in [-0.25, -0.2) is 0 Å². The monoisotopic (exact) mass is 444 g/mol. The van der Waals surface area contributed by atoms with E-state index in [0.717, 1.165) is 6.42 Å². The Hall–Kier alpha value is 1.72. The van der Waals surface area contributed by atoms with Crippen molar-refractivity contribution in [3.05, 3.63) is 0 Å². The molecule has 11 heteroatoms. The normalized spacial score (nSPS) is 43.2. The second-order valence-electron chi connectivity index (χ2n) is 5.82. The molecule has 3 rings (SSSR count). The summed E-state index contributed by atoms with van der Waals surface area (Å²) in [5, 5.41) is -0.509. The number of halogens is 5. The molecule has 0 aromatic heterocycles. The molecule has 3 heterocycles. The van der Waals surface area contributed by atoms with Crippen LogP contribution in [0.15, 0.2) is 0 Å². The van der Waals surface area contributed by atoms with Crippen molar-refractivity contribution in [3.8, 4) is 0 Å². The van der Waals surface area contributed by atoms with Crippen LogP contribution in [-0.4, -0.2) is 57.3 Å². The van der Waals surface area contributed by atoms with Crippen molar-refractivity contribution in [1.29, 1.82) is 0 Å². The molecule has 0 saturated carbocycles. The molecule has 0 aromatic rings. The number of hydrogen-bond donors (Lipinski definition) is 0. The number of methoxy groups -OCH3 is 1. The van der Waals surface area contributed by atoms with Crippen molar-refractivity contribution in [3.63, 3.8) is 0 Å². The van der Waals surface area contributed by atoms with Crippen molar-refractivity contribution >= 4 is 68.8 Å². The van der Waals surface area contributed by atoms with Crippen LogP contribution in [0.25, 0.3) is 0 Å². The number of hydrogen-bond acceptors (Lipinski definition) is 4. The Labute approximate surface area is 155 Å². The smallest absolute Gasteiger partial charge is 0.346 e. The average Bonchev–Trinajstić information content (AvgIpc) is 2.71. The van der Waals surface area contributed by atoms with Gasteiger partial charge in [0.25, 0.3) is 0 Å². The van der Waals surface area contributed by atoms with Crippen molar-refractivity contribution in [2.24, 2.45) is 0 Å². The highest BCUT2D eigenvalue weighted by atomic mass is 35.8. The Morgan fingerprint density at radius 2 is 1.55 bits per heavy atom. The molecule has 3 fully saturated rings. The molecular formula is C11H17Cl5O4Si2. The van der Waals surface area contributed by atoms with E-state index in [1.807, 2.05) is 0 Å². The van der Waals surface area contributed by atoms with Crippen LogP contribution in [0.1, 0.15) is 19.3 Å². The topological polar surface area (TPSA) is 36.9 Å². The minimum Gasteiger partial charge on any atom is -0.372 e. The van der Waals surface area contributed by atoms with E-state index in [9.17, 15) is 0 Å². The fourth-order valence-corrected chi connectivity index (χ4v) is 20.3. The summed E-state index contributed by atoms with van der Waals surface area (Å²) in [6.45, 7) is 1.67. The van der Waals surface area contributed by atoms with Crippen molar-refractivity contribution in [2.75, 3.05) is 26.9 Å². The van der Waals surface area contributed by atoms with Crippen LogP contribution >= 0.6 is 55.4 Å². The molecule has 0 amide bonds. The lowest BCUT2D eigenvalue weighted by molar-refractivity contribution is -0.397. The van der Waals surface area contributed by atoms with Crippen LogP contribution in [-0.2, 0) is 18.9 Å². The van der Waals surface area contributed by atoms with Crippen LogP contribution in [0.4, 0.5) is 0 Å². The van der Waals surface area contributed by atoms with E-state index in [4.69, 9.17) is 74.3 Å². The predicted molar refractivity (Wildman–Crippen MR) is 92.8 cm³/mol. The molecule has 4 atom stereocenters. The molecule has 0 aliphatic carbocycles. The molecule has 3 aliphatic heterocycles. The SMILES string of the molecule is CO[C@]1([C@]2([C@@H]([SiH](Cl)Cl)[Si](Cl)(Cl)Cl)CCO2)CCO[C@@]12CCO2. The number of ether oxygens (including phenoxy) is 4. The van der Waals surface area contributed by atoms with Gasteiger partial charge in [0, 0.05) is 31.5 Å². The highest BCUT2D eigenvalue weighted by Crippen LogP contribution is 2.64. The Balaban J connectivity index is 2.08. The maximum absolute atomic E-state index is 6.36. The molecule has 3 aliphatic rings. The molecular weight excluding hydrogens is 430 g/mol. The minimum atomic E-state index is -3.24. The molecule has 4 nitrogen and oxygen atoms in total. The fourth-order valence-electron chi connectivity index (χ4n) is 4.10. The second-order valence-corrected chi connectivity index (χ2v) is 20.1. The molecule has 0 radical (unpaired) electrons. The molecule has 1 spiro atoms. The fraction of sp³-hybridized carbons (Fsp3) is 1.00. The van der Waals surface area contributed by atoms with Crippen LogP contribution in [0.2, 0.25) is 5.16 Å². The van der Waals surface area contributed by atoms with Crippen molar-refractivity contribution < 1.29 is 18.9 Å². The van der Waals surface area contributed by atoms with Gasteiger partial charge in [-0.3, -0.25) is 0 Å². The summed E-state index contributed by atoms with van der Waals surface area (Å²) < 4.78 is 23.7. The largest absolute Gasteiger partial charge is 0.372 e. The average molecular weight is 447 g/mol. The zero-order valence-corrected chi connectivity index (χ0v) is 17.9. The lowest BCUT2D eigenvalue weighted by Crippen LogP contribution is -2.77. The predicted octanol–water partition coefficient (Wildman–Crippen LogP) is 3.33. The number of rotatable bonds is 5. The summed E-state index contributed by atoms with van der Waals surface area (Å²) >= 11 is 31.8. The van der Waals surface area contributed by atoms with Gasteiger partial charge in [0.1, 0.15) is 5.60 Å². The summed E-state index contributed by atoms with van der Waals surface area (Å²) in [6.07, 6.45) is 1.99. The first kappa shape index (κ1) is 18.5. The van der Waals surface area contributed by atoms with E-state index in [0.29, 0.717) is 32.7 Å². The Kier molecular flexibility index (Phi) is 5.18. The zero-order valence-electron chi connectivity index (χ0n) is 11.9. The van der Waals surface area contributed by atoms with Crippen molar-refractivity contribution in [1.82, 2.24) is 0 Å². The van der Waals surface area contributed by atoms with Gasteiger partial charge in [-0.15, -0.1) is 33.2 Å². The van der Waals surface area contributed by atoms with E-state index in [-0.39, 0.29) is 0 Å². The summed E-state index contributed by atoms with van der Waals surface area (Å²) in [7, 11) is -0.744. The van der Waals surface area contributed by atoms with E-state index < -0.39 is 35.6 Å². The van der Waals surface area contributed by atoms with Crippen LogP contribution in [0, 0.1) is 0 Å². The van der Waals surface area contributed by atoms with Crippen LogP contribution < -0.4 is 0 Å². The Morgan fingerprint density at radius 3 is 1.86 bits per heavy atom. The van der Waals surface area contributed by atoms with Gasteiger partial charge in [-0.2, -0.15) is 22.2 Å². The third kappa shape index (κ3) is 2.37. The first-order valence-electron chi connectivity index (χ1n) is 7.07. The van der Waals surface area contributed by atoms with Gasteiger partial charge in [0.05, 0.1) is 19.8 Å². The Morgan fingerprint density at radius 1 is 1.00 bits per heavy atom. The highest BCUT2D eigenvalue weighted by molar-refractivity contribution is 7.68. The van der Waals surface area contributed by atoms with Gasteiger partial charge in [0.15, 0.2) is 5.60 Å². The molecule has 0 bridgehead atoms. The van der Waals surface area contributed by atoms with Crippen LogP contribution in [0.3, 0.4) is 0 Å². The maximum atomic E-state index is 6.36. The van der Waals surface area contributed by atoms with Crippen LogP contribution in [0.5, 0.6) is 0 Å². The standard InChI is InChI=1S/C11H17Cl5O4Si2/c1-17-10(3-6-19-11(10)4-7-20-11)9(2-5-18-9)8(21(12)13)22(14,15)16/h8,21H,2-7H2,1H3/t8-,9+,10-,11+/m0/s1. The summed E-state index contributed by atoms with van der Waals surface area (Å²) in [5.41, 5.74) is -1.69. The first-order valence-corrected chi connectivity index (χ1v) is 16.3. The lowest BCUT2D eigenvalue weighted by Gasteiger charge is -2.63. The highest BCUT2D eigenvalue weighted by Gasteiger charge is 2.78. The lowest BCUT2D eigenvalue weighted by atomic mass is 9.69. The second kappa shape index (κ2) is 6.16. The molecule has 0 N–H and O–H groups in total. The van der Waals surface area contributed by atoms with E-state index in [1.54, 1.807) is 7.11 Å². The molecule has 3 saturated heterocycles. The zero-order chi connectivity index (χ0) is 16.2. The third-order valence-electron chi connectivity index (χ3n) is 5.14. The van der Waals surface area contributed by atoms with E-state index in [2.05, 4.69) is 0 Å². The third-order valence-corrected chi connectivity index (χ3v) is 16.7. The molecule has 22 heavy (non-hydrogen) atoms. The summed E-state index contributed by atoms with van der Waals surface area (Å²) in [6, 6.07) is -3.24. The van der Waals surface area contributed by atoms with E-state index >= 15 is 0 Å². The van der Waals surface area contributed by atoms with Gasteiger partial charge < -0.3 is 18.9 Å². The first-order chi connectivity index (χ1) is 10.2. The van der Waals surface area contributed by atoms with Crippen molar-refractivity contribution in [2.45, 2.75) is 41.4 Å². The Bertz CT molecular complexity index is 441. The van der Waals surface area contributed by atoms with E-state index in [1.165, 1.54) is 0 Å². The molecule has 128 valence electrons. The minimum absolute atomic E-state index is 0.504. The van der Waals surface area contributed by atoms with Gasteiger partial charge in [-0.05, 0) is 0 Å². The molecule has 0 aromatic carbocycles.